The van der Waals surface area contributed by atoms with Crippen LogP contribution in [0.5, 0.6) is 0 Å². The first-order chi connectivity index (χ1) is 7.24. The zero-order valence-electron chi connectivity index (χ0n) is 9.07. The fourth-order valence-electron chi connectivity index (χ4n) is 1.31. The summed E-state index contributed by atoms with van der Waals surface area (Å²) < 4.78 is 0. The first-order valence-corrected chi connectivity index (χ1v) is 5.35. The maximum absolute atomic E-state index is 11.6. The normalized spacial score (nSPS) is 12.1. The number of hydrogen-bond acceptors (Lipinski definition) is 2. The maximum Gasteiger partial charge on any atom is 0.241 e. The molecule has 0 spiro atoms. The molecule has 0 fully saturated rings. The van der Waals surface area contributed by atoms with Gasteiger partial charge in [0.1, 0.15) is 0 Å². The van der Waals surface area contributed by atoms with E-state index in [2.05, 4.69) is 12.2 Å². The number of rotatable bonds is 5. The highest BCUT2D eigenvalue weighted by molar-refractivity contribution is 5.94. The molecule has 0 saturated carbocycles. The summed E-state index contributed by atoms with van der Waals surface area (Å²) in [6.07, 6.45) is 2.80. The second-order valence-electron chi connectivity index (χ2n) is 3.60. The molecular formula is C12H18N2O. The number of unbranched alkanes of at least 4 members (excludes halogenated alkanes) is 1. The third-order valence-electron chi connectivity index (χ3n) is 2.25. The van der Waals surface area contributed by atoms with Gasteiger partial charge in [-0.05, 0) is 18.6 Å². The molecular weight excluding hydrogens is 188 g/mol. The Morgan fingerprint density at radius 2 is 2.07 bits per heavy atom. The Labute approximate surface area is 90.7 Å². The minimum absolute atomic E-state index is 0.102. The van der Waals surface area contributed by atoms with Crippen LogP contribution >= 0.6 is 0 Å². The van der Waals surface area contributed by atoms with E-state index in [-0.39, 0.29) is 5.91 Å². The average molecular weight is 206 g/mol. The van der Waals surface area contributed by atoms with Crippen LogP contribution in [-0.4, -0.2) is 11.9 Å². The predicted molar refractivity (Wildman–Crippen MR) is 62.6 cm³/mol. The molecule has 3 N–H and O–H groups in total. The SMILES string of the molecule is CCCC[C@H](N)C(=O)Nc1ccccc1. The fourth-order valence-corrected chi connectivity index (χ4v) is 1.31. The second-order valence-corrected chi connectivity index (χ2v) is 3.60. The van der Waals surface area contributed by atoms with Gasteiger partial charge in [-0.2, -0.15) is 0 Å². The van der Waals surface area contributed by atoms with Gasteiger partial charge in [0, 0.05) is 5.69 Å². The van der Waals surface area contributed by atoms with Gasteiger partial charge in [0.05, 0.1) is 6.04 Å². The van der Waals surface area contributed by atoms with Gasteiger partial charge in [0.15, 0.2) is 0 Å². The maximum atomic E-state index is 11.6. The number of carbonyl (C=O) groups is 1. The summed E-state index contributed by atoms with van der Waals surface area (Å²) in [5, 5.41) is 2.79. The lowest BCUT2D eigenvalue weighted by molar-refractivity contribution is -0.117. The molecule has 1 rings (SSSR count). The third-order valence-corrected chi connectivity index (χ3v) is 2.25. The zero-order chi connectivity index (χ0) is 11.1. The van der Waals surface area contributed by atoms with Crippen molar-refractivity contribution in [3.8, 4) is 0 Å². The quantitative estimate of drug-likeness (QED) is 0.775. The monoisotopic (exact) mass is 206 g/mol. The molecule has 0 saturated heterocycles. The van der Waals surface area contributed by atoms with E-state index >= 15 is 0 Å². The van der Waals surface area contributed by atoms with Gasteiger partial charge in [0.2, 0.25) is 5.91 Å². The van der Waals surface area contributed by atoms with Gasteiger partial charge in [-0.3, -0.25) is 4.79 Å². The number of amides is 1. The lowest BCUT2D eigenvalue weighted by atomic mass is 10.1. The number of anilines is 1. The number of nitrogens with two attached hydrogens (primary N) is 1. The van der Waals surface area contributed by atoms with Crippen LogP contribution in [0.4, 0.5) is 5.69 Å². The summed E-state index contributed by atoms with van der Waals surface area (Å²) in [6.45, 7) is 2.09. The van der Waals surface area contributed by atoms with E-state index < -0.39 is 6.04 Å². The van der Waals surface area contributed by atoms with E-state index in [0.29, 0.717) is 0 Å². The van der Waals surface area contributed by atoms with Crippen molar-refractivity contribution in [2.45, 2.75) is 32.2 Å². The molecule has 82 valence electrons. The van der Waals surface area contributed by atoms with Crippen molar-refractivity contribution in [1.29, 1.82) is 0 Å². The van der Waals surface area contributed by atoms with Crippen LogP contribution < -0.4 is 11.1 Å². The van der Waals surface area contributed by atoms with E-state index in [1.807, 2.05) is 30.3 Å². The average Bonchev–Trinajstić information content (AvgIpc) is 2.27. The highest BCUT2D eigenvalue weighted by Crippen LogP contribution is 2.06. The van der Waals surface area contributed by atoms with Crippen LogP contribution in [0, 0.1) is 0 Å². The summed E-state index contributed by atoms with van der Waals surface area (Å²) in [4.78, 5) is 11.6. The zero-order valence-corrected chi connectivity index (χ0v) is 9.07. The highest BCUT2D eigenvalue weighted by atomic mass is 16.2. The van der Waals surface area contributed by atoms with Crippen LogP contribution in [0.25, 0.3) is 0 Å². The predicted octanol–water partition coefficient (Wildman–Crippen LogP) is 2.14. The molecule has 0 heterocycles. The second kappa shape index (κ2) is 6.19. The summed E-state index contributed by atoms with van der Waals surface area (Å²) in [7, 11) is 0. The van der Waals surface area contributed by atoms with Crippen LogP contribution in [0.15, 0.2) is 30.3 Å². The Balaban J connectivity index is 2.42. The van der Waals surface area contributed by atoms with E-state index in [4.69, 9.17) is 5.73 Å². The molecule has 15 heavy (non-hydrogen) atoms. The van der Waals surface area contributed by atoms with E-state index in [1.54, 1.807) is 0 Å². The molecule has 3 nitrogen and oxygen atoms in total. The Morgan fingerprint density at radius 1 is 1.40 bits per heavy atom. The molecule has 0 aromatic heterocycles. The molecule has 0 bridgehead atoms. The molecule has 1 atom stereocenters. The van der Waals surface area contributed by atoms with Gasteiger partial charge in [-0.15, -0.1) is 0 Å². The number of hydrogen-bond donors (Lipinski definition) is 2. The molecule has 3 heteroatoms. The number of para-hydroxylation sites is 1. The topological polar surface area (TPSA) is 55.1 Å². The Kier molecular flexibility index (Phi) is 4.84. The van der Waals surface area contributed by atoms with Gasteiger partial charge < -0.3 is 11.1 Å². The van der Waals surface area contributed by atoms with Crippen molar-refractivity contribution < 1.29 is 4.79 Å². The van der Waals surface area contributed by atoms with Crippen LogP contribution in [0.3, 0.4) is 0 Å². The van der Waals surface area contributed by atoms with E-state index in [9.17, 15) is 4.79 Å². The van der Waals surface area contributed by atoms with Crippen molar-refractivity contribution in [2.75, 3.05) is 5.32 Å². The molecule has 0 radical (unpaired) electrons. The van der Waals surface area contributed by atoms with Crippen molar-refractivity contribution in [1.82, 2.24) is 0 Å². The Bertz CT molecular complexity index is 298. The number of carbonyl (C=O) groups excluding carboxylic acids is 1. The van der Waals surface area contributed by atoms with Gasteiger partial charge in [-0.25, -0.2) is 0 Å². The molecule has 0 unspecified atom stereocenters. The van der Waals surface area contributed by atoms with Crippen molar-refractivity contribution >= 4 is 11.6 Å². The van der Waals surface area contributed by atoms with Crippen LogP contribution in [-0.2, 0) is 4.79 Å². The lowest BCUT2D eigenvalue weighted by Gasteiger charge is -2.11. The van der Waals surface area contributed by atoms with E-state index in [1.165, 1.54) is 0 Å². The van der Waals surface area contributed by atoms with Gasteiger partial charge in [-0.1, -0.05) is 38.0 Å². The van der Waals surface area contributed by atoms with Gasteiger partial charge >= 0.3 is 0 Å². The van der Waals surface area contributed by atoms with Crippen molar-refractivity contribution in [3.63, 3.8) is 0 Å². The highest BCUT2D eigenvalue weighted by Gasteiger charge is 2.12. The fraction of sp³-hybridized carbons (Fsp3) is 0.417. The molecule has 0 aliphatic rings. The molecule has 1 amide bonds. The van der Waals surface area contributed by atoms with Crippen molar-refractivity contribution in [2.24, 2.45) is 5.73 Å². The van der Waals surface area contributed by atoms with Crippen molar-refractivity contribution in [3.05, 3.63) is 30.3 Å². The standard InChI is InChI=1S/C12H18N2O/c1-2-3-9-11(13)12(15)14-10-7-5-4-6-8-10/h4-8,11H,2-3,9,13H2,1H3,(H,14,15)/t11-/m0/s1. The summed E-state index contributed by atoms with van der Waals surface area (Å²) in [5.41, 5.74) is 6.54. The molecule has 0 aliphatic heterocycles. The third kappa shape index (κ3) is 4.13. The number of nitrogens with one attached hydrogen (secondary N) is 1. The molecule has 0 aliphatic carbocycles. The minimum atomic E-state index is -0.398. The Morgan fingerprint density at radius 3 is 2.67 bits per heavy atom. The number of benzene rings is 1. The lowest BCUT2D eigenvalue weighted by Crippen LogP contribution is -2.35. The molecule has 1 aromatic carbocycles. The van der Waals surface area contributed by atoms with Crippen LogP contribution in [0.1, 0.15) is 26.2 Å². The summed E-state index contributed by atoms with van der Waals surface area (Å²) >= 11 is 0. The summed E-state index contributed by atoms with van der Waals surface area (Å²) in [5.74, 6) is -0.102. The summed E-state index contributed by atoms with van der Waals surface area (Å²) in [6, 6.07) is 8.98. The first-order valence-electron chi connectivity index (χ1n) is 5.35. The molecule has 1 aromatic rings. The Hall–Kier alpha value is -1.35. The van der Waals surface area contributed by atoms with Gasteiger partial charge in [0.25, 0.3) is 0 Å². The van der Waals surface area contributed by atoms with Crippen LogP contribution in [0.2, 0.25) is 0 Å². The first kappa shape index (κ1) is 11.7. The smallest absolute Gasteiger partial charge is 0.241 e. The van der Waals surface area contributed by atoms with E-state index in [0.717, 1.165) is 24.9 Å². The minimum Gasteiger partial charge on any atom is -0.325 e. The largest absolute Gasteiger partial charge is 0.325 e.